The van der Waals surface area contributed by atoms with Gasteiger partial charge in [-0.05, 0) is 30.9 Å². The van der Waals surface area contributed by atoms with Crippen molar-refractivity contribution in [3.63, 3.8) is 0 Å². The molecule has 1 heterocycles. The van der Waals surface area contributed by atoms with Crippen molar-refractivity contribution in [2.75, 3.05) is 20.2 Å². The summed E-state index contributed by atoms with van der Waals surface area (Å²) >= 11 is 0. The standard InChI is InChI=1S/C17H23NO3/c1-11-5-6-12(2)14(7-11)8-16(19)18-9-13(3)15(10-18)17(20)21-4/h5-7,13,15H,8-10H2,1-4H3. The van der Waals surface area contributed by atoms with Crippen LogP contribution in [0.1, 0.15) is 23.6 Å². The van der Waals surface area contributed by atoms with E-state index in [4.69, 9.17) is 4.74 Å². The normalized spacial score (nSPS) is 21.4. The number of benzene rings is 1. The smallest absolute Gasteiger partial charge is 0.310 e. The molecule has 0 N–H and O–H groups in total. The van der Waals surface area contributed by atoms with Gasteiger partial charge >= 0.3 is 5.97 Å². The van der Waals surface area contributed by atoms with E-state index in [1.807, 2.05) is 26.8 Å². The quantitative estimate of drug-likeness (QED) is 0.801. The van der Waals surface area contributed by atoms with E-state index in [9.17, 15) is 9.59 Å². The van der Waals surface area contributed by atoms with E-state index in [-0.39, 0.29) is 23.7 Å². The molecular weight excluding hydrogens is 266 g/mol. The van der Waals surface area contributed by atoms with E-state index >= 15 is 0 Å². The maximum absolute atomic E-state index is 12.5. The van der Waals surface area contributed by atoms with Gasteiger partial charge in [-0.3, -0.25) is 9.59 Å². The Morgan fingerprint density at radius 1 is 1.29 bits per heavy atom. The number of nitrogens with zero attached hydrogens (tertiary/aromatic N) is 1. The van der Waals surface area contributed by atoms with Crippen molar-refractivity contribution < 1.29 is 14.3 Å². The number of likely N-dealkylation sites (tertiary alicyclic amines) is 1. The molecule has 1 aliphatic rings. The van der Waals surface area contributed by atoms with E-state index in [0.717, 1.165) is 16.7 Å². The predicted octanol–water partition coefficient (Wildman–Crippen LogP) is 2.11. The summed E-state index contributed by atoms with van der Waals surface area (Å²) in [5, 5.41) is 0. The van der Waals surface area contributed by atoms with Crippen molar-refractivity contribution in [1.29, 1.82) is 0 Å². The number of esters is 1. The van der Waals surface area contributed by atoms with Gasteiger partial charge in [-0.25, -0.2) is 0 Å². The van der Waals surface area contributed by atoms with Gasteiger partial charge in [0.05, 0.1) is 19.4 Å². The van der Waals surface area contributed by atoms with Crippen molar-refractivity contribution in [3.8, 4) is 0 Å². The first-order valence-corrected chi connectivity index (χ1v) is 7.34. The molecule has 1 aromatic carbocycles. The van der Waals surface area contributed by atoms with Crippen molar-refractivity contribution in [2.45, 2.75) is 27.2 Å². The molecule has 0 aromatic heterocycles. The topological polar surface area (TPSA) is 46.6 Å². The highest BCUT2D eigenvalue weighted by molar-refractivity contribution is 5.81. The maximum atomic E-state index is 12.5. The fraction of sp³-hybridized carbons (Fsp3) is 0.529. The van der Waals surface area contributed by atoms with Crippen LogP contribution in [0.4, 0.5) is 0 Å². The average Bonchev–Trinajstić information content (AvgIpc) is 2.84. The van der Waals surface area contributed by atoms with Gasteiger partial charge in [0.25, 0.3) is 0 Å². The first-order chi connectivity index (χ1) is 9.92. The lowest BCUT2D eigenvalue weighted by Gasteiger charge is -2.17. The number of aryl methyl sites for hydroxylation is 2. The maximum Gasteiger partial charge on any atom is 0.310 e. The molecule has 1 saturated heterocycles. The summed E-state index contributed by atoms with van der Waals surface area (Å²) in [6, 6.07) is 6.15. The minimum absolute atomic E-state index is 0.0851. The van der Waals surface area contributed by atoms with Crippen molar-refractivity contribution in [2.24, 2.45) is 11.8 Å². The molecular formula is C17H23NO3. The van der Waals surface area contributed by atoms with E-state index in [0.29, 0.717) is 19.5 Å². The molecule has 1 amide bonds. The Labute approximate surface area is 126 Å². The van der Waals surface area contributed by atoms with Crippen molar-refractivity contribution in [1.82, 2.24) is 4.90 Å². The second kappa shape index (κ2) is 6.29. The average molecular weight is 289 g/mol. The molecule has 0 saturated carbocycles. The highest BCUT2D eigenvalue weighted by Gasteiger charge is 2.37. The van der Waals surface area contributed by atoms with Gasteiger partial charge in [0, 0.05) is 13.1 Å². The molecule has 21 heavy (non-hydrogen) atoms. The molecule has 4 heteroatoms. The number of ether oxygens (including phenoxy) is 1. The van der Waals surface area contributed by atoms with Crippen molar-refractivity contribution >= 4 is 11.9 Å². The van der Waals surface area contributed by atoms with Crippen LogP contribution < -0.4 is 0 Å². The Morgan fingerprint density at radius 2 is 2.00 bits per heavy atom. The first-order valence-electron chi connectivity index (χ1n) is 7.34. The zero-order valence-corrected chi connectivity index (χ0v) is 13.2. The molecule has 0 bridgehead atoms. The van der Waals surface area contributed by atoms with Crippen LogP contribution in [-0.4, -0.2) is 37.0 Å². The summed E-state index contributed by atoms with van der Waals surface area (Å²) in [4.78, 5) is 25.9. The molecule has 2 unspecified atom stereocenters. The summed E-state index contributed by atoms with van der Waals surface area (Å²) in [7, 11) is 1.40. The SMILES string of the molecule is COC(=O)C1CN(C(=O)Cc2cc(C)ccc2C)CC1C. The monoisotopic (exact) mass is 289 g/mol. The summed E-state index contributed by atoms with van der Waals surface area (Å²) in [6.45, 7) is 7.14. The zero-order chi connectivity index (χ0) is 15.6. The molecule has 114 valence electrons. The lowest BCUT2D eigenvalue weighted by Crippen LogP contribution is -2.31. The second-order valence-electron chi connectivity index (χ2n) is 6.01. The van der Waals surface area contributed by atoms with Crippen LogP contribution in [0.5, 0.6) is 0 Å². The number of rotatable bonds is 3. The van der Waals surface area contributed by atoms with Gasteiger partial charge in [-0.15, -0.1) is 0 Å². The summed E-state index contributed by atoms with van der Waals surface area (Å²) < 4.78 is 4.81. The number of hydrogen-bond acceptors (Lipinski definition) is 3. The first kappa shape index (κ1) is 15.5. The minimum atomic E-state index is -0.218. The van der Waals surface area contributed by atoms with Gasteiger partial charge in [0.15, 0.2) is 0 Å². The summed E-state index contributed by atoms with van der Waals surface area (Å²) in [5.41, 5.74) is 3.35. The van der Waals surface area contributed by atoms with Crippen LogP contribution >= 0.6 is 0 Å². The van der Waals surface area contributed by atoms with Crippen LogP contribution in [0.2, 0.25) is 0 Å². The molecule has 0 spiro atoms. The Kier molecular flexibility index (Phi) is 4.66. The molecule has 0 aliphatic carbocycles. The number of hydrogen-bond donors (Lipinski definition) is 0. The van der Waals surface area contributed by atoms with Crippen LogP contribution in [0.3, 0.4) is 0 Å². The van der Waals surface area contributed by atoms with Crippen LogP contribution in [0, 0.1) is 25.7 Å². The number of methoxy groups -OCH3 is 1. The lowest BCUT2D eigenvalue weighted by atomic mass is 9.99. The van der Waals surface area contributed by atoms with Gasteiger partial charge in [-0.1, -0.05) is 30.7 Å². The Bertz CT molecular complexity index is 553. The van der Waals surface area contributed by atoms with Gasteiger partial charge in [0.1, 0.15) is 0 Å². The number of carbonyl (C=O) groups excluding carboxylic acids is 2. The highest BCUT2D eigenvalue weighted by Crippen LogP contribution is 2.25. The van der Waals surface area contributed by atoms with Gasteiger partial charge in [-0.2, -0.15) is 0 Å². The third-order valence-electron chi connectivity index (χ3n) is 4.32. The van der Waals surface area contributed by atoms with Crippen LogP contribution in [0.15, 0.2) is 18.2 Å². The molecule has 1 aliphatic heterocycles. The fourth-order valence-electron chi connectivity index (χ4n) is 2.89. The summed E-state index contributed by atoms with van der Waals surface area (Å²) in [6.07, 6.45) is 0.397. The summed E-state index contributed by atoms with van der Waals surface area (Å²) in [5.74, 6) is -0.177. The second-order valence-corrected chi connectivity index (χ2v) is 6.01. The Morgan fingerprint density at radius 3 is 2.67 bits per heavy atom. The molecule has 1 fully saturated rings. The minimum Gasteiger partial charge on any atom is -0.469 e. The van der Waals surface area contributed by atoms with Crippen LogP contribution in [0.25, 0.3) is 0 Å². The number of carbonyl (C=O) groups is 2. The molecule has 0 radical (unpaired) electrons. The molecule has 2 rings (SSSR count). The van der Waals surface area contributed by atoms with E-state index in [1.54, 1.807) is 4.90 Å². The largest absolute Gasteiger partial charge is 0.469 e. The zero-order valence-electron chi connectivity index (χ0n) is 13.2. The predicted molar refractivity (Wildman–Crippen MR) is 80.9 cm³/mol. The van der Waals surface area contributed by atoms with E-state index in [1.165, 1.54) is 7.11 Å². The third-order valence-corrected chi connectivity index (χ3v) is 4.32. The van der Waals surface area contributed by atoms with Gasteiger partial charge < -0.3 is 9.64 Å². The fourth-order valence-corrected chi connectivity index (χ4v) is 2.89. The lowest BCUT2D eigenvalue weighted by molar-refractivity contribution is -0.146. The number of amides is 1. The van der Waals surface area contributed by atoms with E-state index in [2.05, 4.69) is 12.1 Å². The molecule has 2 atom stereocenters. The van der Waals surface area contributed by atoms with Gasteiger partial charge in [0.2, 0.25) is 5.91 Å². The van der Waals surface area contributed by atoms with Crippen LogP contribution in [-0.2, 0) is 20.7 Å². The van der Waals surface area contributed by atoms with E-state index < -0.39 is 0 Å². The Hall–Kier alpha value is -1.84. The molecule has 4 nitrogen and oxygen atoms in total. The van der Waals surface area contributed by atoms with Crippen molar-refractivity contribution in [3.05, 3.63) is 34.9 Å². The third kappa shape index (κ3) is 3.43. The molecule has 1 aromatic rings. The Balaban J connectivity index is 2.05. The highest BCUT2D eigenvalue weighted by atomic mass is 16.5.